The minimum absolute atomic E-state index is 0.0436. The van der Waals surface area contributed by atoms with Crippen LogP contribution in [0, 0.1) is 5.92 Å². The summed E-state index contributed by atoms with van der Waals surface area (Å²) in [6, 6.07) is 5.74. The summed E-state index contributed by atoms with van der Waals surface area (Å²) in [7, 11) is -2.43. The van der Waals surface area contributed by atoms with Crippen molar-refractivity contribution in [1.29, 1.82) is 0 Å². The molecule has 0 bridgehead atoms. The summed E-state index contributed by atoms with van der Waals surface area (Å²) in [5.74, 6) is -2.02. The van der Waals surface area contributed by atoms with E-state index in [2.05, 4.69) is 5.32 Å². The van der Waals surface area contributed by atoms with Crippen molar-refractivity contribution in [1.82, 2.24) is 4.31 Å². The summed E-state index contributed by atoms with van der Waals surface area (Å²) in [6.45, 7) is 3.04. The third kappa shape index (κ3) is 4.54. The number of carboxylic acids is 1. The Balaban J connectivity index is 2.89. The van der Waals surface area contributed by atoms with Gasteiger partial charge in [0.25, 0.3) is 0 Å². The van der Waals surface area contributed by atoms with Gasteiger partial charge in [-0.3, -0.25) is 9.59 Å². The third-order valence-electron chi connectivity index (χ3n) is 3.12. The molecule has 7 nitrogen and oxygen atoms in total. The number of anilines is 1. The number of aliphatic carboxylic acids is 1. The third-order valence-corrected chi connectivity index (χ3v) is 4.96. The first-order valence-electron chi connectivity index (χ1n) is 6.77. The van der Waals surface area contributed by atoms with E-state index in [-0.39, 0.29) is 17.3 Å². The largest absolute Gasteiger partial charge is 0.481 e. The molecule has 0 aliphatic rings. The van der Waals surface area contributed by atoms with Crippen LogP contribution in [0.25, 0.3) is 0 Å². The van der Waals surface area contributed by atoms with Gasteiger partial charge in [0.15, 0.2) is 0 Å². The molecule has 0 aliphatic carbocycles. The molecule has 122 valence electrons. The van der Waals surface area contributed by atoms with E-state index in [1.165, 1.54) is 38.2 Å². The van der Waals surface area contributed by atoms with Crippen LogP contribution in [0.5, 0.6) is 0 Å². The van der Waals surface area contributed by atoms with Crippen molar-refractivity contribution < 1.29 is 23.1 Å². The number of nitrogens with one attached hydrogen (secondary N) is 1. The lowest BCUT2D eigenvalue weighted by Crippen LogP contribution is -2.33. The van der Waals surface area contributed by atoms with Gasteiger partial charge in [-0.25, -0.2) is 12.7 Å². The molecule has 0 saturated carbocycles. The van der Waals surface area contributed by atoms with Crippen LogP contribution in [0.15, 0.2) is 29.2 Å². The average Bonchev–Trinajstić information content (AvgIpc) is 2.47. The number of amides is 1. The van der Waals surface area contributed by atoms with Crippen LogP contribution in [0.1, 0.15) is 20.3 Å². The molecule has 0 spiro atoms. The van der Waals surface area contributed by atoms with E-state index in [4.69, 9.17) is 5.11 Å². The predicted octanol–water partition coefficient (Wildman–Crippen LogP) is 1.38. The summed E-state index contributed by atoms with van der Waals surface area (Å²) >= 11 is 0. The maximum atomic E-state index is 12.3. The Morgan fingerprint density at radius 3 is 2.27 bits per heavy atom. The quantitative estimate of drug-likeness (QED) is 0.787. The Bertz CT molecular complexity index is 640. The lowest BCUT2D eigenvalue weighted by molar-refractivity contribution is -0.141. The molecule has 0 radical (unpaired) electrons. The lowest BCUT2D eigenvalue weighted by atomic mass is 10.2. The monoisotopic (exact) mass is 328 g/mol. The van der Waals surface area contributed by atoms with Crippen LogP contribution in [0.3, 0.4) is 0 Å². The summed E-state index contributed by atoms with van der Waals surface area (Å²) < 4.78 is 25.7. The first kappa shape index (κ1) is 18.1. The number of carboxylic acid groups (broad SMARTS) is 1. The Kier molecular flexibility index (Phi) is 6.07. The van der Waals surface area contributed by atoms with Crippen molar-refractivity contribution in [2.45, 2.75) is 25.2 Å². The molecule has 0 saturated heterocycles. The molecule has 8 heteroatoms. The predicted molar refractivity (Wildman–Crippen MR) is 82.0 cm³/mol. The zero-order chi connectivity index (χ0) is 16.9. The molecule has 22 heavy (non-hydrogen) atoms. The maximum absolute atomic E-state index is 12.3. The molecule has 0 heterocycles. The normalized spacial score (nSPS) is 12.9. The van der Waals surface area contributed by atoms with Crippen molar-refractivity contribution in [3.63, 3.8) is 0 Å². The second kappa shape index (κ2) is 7.37. The fraction of sp³-hybridized carbons (Fsp3) is 0.429. The second-order valence-corrected chi connectivity index (χ2v) is 7.00. The van der Waals surface area contributed by atoms with Gasteiger partial charge in [0.2, 0.25) is 15.9 Å². The van der Waals surface area contributed by atoms with Crippen molar-refractivity contribution >= 4 is 27.6 Å². The zero-order valence-corrected chi connectivity index (χ0v) is 13.6. The van der Waals surface area contributed by atoms with E-state index in [1.54, 1.807) is 6.92 Å². The Morgan fingerprint density at radius 1 is 1.27 bits per heavy atom. The van der Waals surface area contributed by atoms with Crippen LogP contribution in [0.2, 0.25) is 0 Å². The van der Waals surface area contributed by atoms with E-state index in [9.17, 15) is 18.0 Å². The highest BCUT2D eigenvalue weighted by Gasteiger charge is 2.24. The number of nitrogens with zero attached hydrogens (tertiary/aromatic N) is 1. The van der Waals surface area contributed by atoms with Crippen LogP contribution in [-0.2, 0) is 19.6 Å². The van der Waals surface area contributed by atoms with Crippen LogP contribution in [-0.4, -0.2) is 43.3 Å². The van der Waals surface area contributed by atoms with Gasteiger partial charge in [-0.05, 0) is 24.3 Å². The fourth-order valence-corrected chi connectivity index (χ4v) is 2.96. The zero-order valence-electron chi connectivity index (χ0n) is 12.7. The highest BCUT2D eigenvalue weighted by molar-refractivity contribution is 7.89. The lowest BCUT2D eigenvalue weighted by Gasteiger charge is -2.19. The fourth-order valence-electron chi connectivity index (χ4n) is 1.70. The van der Waals surface area contributed by atoms with Crippen LogP contribution >= 0.6 is 0 Å². The van der Waals surface area contributed by atoms with Gasteiger partial charge in [0, 0.05) is 25.7 Å². The summed E-state index contributed by atoms with van der Waals surface area (Å²) in [4.78, 5) is 22.1. The number of sulfonamides is 1. The van der Waals surface area contributed by atoms with E-state index < -0.39 is 21.9 Å². The van der Waals surface area contributed by atoms with Gasteiger partial charge < -0.3 is 10.4 Å². The molecule has 1 amide bonds. The molecule has 1 unspecified atom stereocenters. The topological polar surface area (TPSA) is 104 Å². The van der Waals surface area contributed by atoms with Crippen LogP contribution < -0.4 is 5.32 Å². The molecule has 0 aliphatic heterocycles. The number of rotatable bonds is 7. The second-order valence-electron chi connectivity index (χ2n) is 4.95. The number of carbonyl (C=O) groups excluding carboxylic acids is 1. The van der Waals surface area contributed by atoms with Gasteiger partial charge in [0.1, 0.15) is 0 Å². The average molecular weight is 328 g/mol. The van der Waals surface area contributed by atoms with Crippen molar-refractivity contribution in [3.8, 4) is 0 Å². The van der Waals surface area contributed by atoms with E-state index in [1.807, 2.05) is 0 Å². The Morgan fingerprint density at radius 2 is 1.82 bits per heavy atom. The minimum atomic E-state index is -3.76. The van der Waals surface area contributed by atoms with E-state index in [0.29, 0.717) is 12.1 Å². The SMILES string of the molecule is CCC(=O)Nc1ccc(S(=O)(=O)N(C)CC(C)C(=O)O)cc1. The summed E-state index contributed by atoms with van der Waals surface area (Å²) in [5.41, 5.74) is 0.507. The van der Waals surface area contributed by atoms with Gasteiger partial charge in [-0.15, -0.1) is 0 Å². The number of benzene rings is 1. The molecular formula is C14H20N2O5S. The molecule has 2 N–H and O–H groups in total. The number of hydrogen-bond donors (Lipinski definition) is 2. The van der Waals surface area contributed by atoms with E-state index >= 15 is 0 Å². The summed E-state index contributed by atoms with van der Waals surface area (Å²) in [5, 5.41) is 11.5. The van der Waals surface area contributed by atoms with Gasteiger partial charge in [-0.2, -0.15) is 0 Å². The highest BCUT2D eigenvalue weighted by Crippen LogP contribution is 2.18. The minimum Gasteiger partial charge on any atom is -0.481 e. The smallest absolute Gasteiger partial charge is 0.307 e. The highest BCUT2D eigenvalue weighted by atomic mass is 32.2. The molecule has 1 aromatic carbocycles. The standard InChI is InChI=1S/C14H20N2O5S/c1-4-13(17)15-11-5-7-12(8-6-11)22(20,21)16(3)9-10(2)14(18)19/h5-8,10H,4,9H2,1-3H3,(H,15,17)(H,18,19). The molecular weight excluding hydrogens is 308 g/mol. The first-order valence-corrected chi connectivity index (χ1v) is 8.21. The van der Waals surface area contributed by atoms with Crippen molar-refractivity contribution in [3.05, 3.63) is 24.3 Å². The maximum Gasteiger partial charge on any atom is 0.307 e. The molecule has 1 rings (SSSR count). The Labute approximate surface area is 130 Å². The Hall–Kier alpha value is -1.93. The van der Waals surface area contributed by atoms with Crippen LogP contribution in [0.4, 0.5) is 5.69 Å². The first-order chi connectivity index (χ1) is 10.2. The van der Waals surface area contributed by atoms with Gasteiger partial charge >= 0.3 is 5.97 Å². The summed E-state index contributed by atoms with van der Waals surface area (Å²) in [6.07, 6.45) is 0.329. The van der Waals surface area contributed by atoms with Gasteiger partial charge in [0.05, 0.1) is 10.8 Å². The molecule has 1 aromatic rings. The molecule has 0 fully saturated rings. The van der Waals surface area contributed by atoms with Crippen molar-refractivity contribution in [2.24, 2.45) is 5.92 Å². The van der Waals surface area contributed by atoms with E-state index in [0.717, 1.165) is 4.31 Å². The number of carbonyl (C=O) groups is 2. The number of hydrogen-bond acceptors (Lipinski definition) is 4. The van der Waals surface area contributed by atoms with Gasteiger partial charge in [-0.1, -0.05) is 13.8 Å². The molecule has 0 aromatic heterocycles. The molecule has 1 atom stereocenters. The van der Waals surface area contributed by atoms with Crippen molar-refractivity contribution in [2.75, 3.05) is 18.9 Å².